The van der Waals surface area contributed by atoms with Gasteiger partial charge in [0, 0.05) is 19.7 Å². The Balaban J connectivity index is 1.79. The molecule has 0 spiro atoms. The summed E-state index contributed by atoms with van der Waals surface area (Å²) in [5.74, 6) is -0.277. The molecule has 2 N–H and O–H groups in total. The van der Waals surface area contributed by atoms with Crippen LogP contribution in [0.3, 0.4) is 0 Å². The third-order valence-corrected chi connectivity index (χ3v) is 6.01. The fourth-order valence-electron chi connectivity index (χ4n) is 2.50. The van der Waals surface area contributed by atoms with Crippen LogP contribution in [-0.4, -0.2) is 49.2 Å². The second-order valence-corrected chi connectivity index (χ2v) is 8.49. The number of carbonyl (C=O) groups excluding carboxylic acids is 1. The summed E-state index contributed by atoms with van der Waals surface area (Å²) in [6.45, 7) is 0. The Morgan fingerprint density at radius 2 is 1.92 bits per heavy atom. The highest BCUT2D eigenvalue weighted by Gasteiger charge is 2.39. The Morgan fingerprint density at radius 3 is 2.44 bits per heavy atom. The normalized spacial score (nSPS) is 16.3. The highest BCUT2D eigenvalue weighted by Crippen LogP contribution is 2.37. The lowest BCUT2D eigenvalue weighted by molar-refractivity contribution is -0.125. The molecule has 9 heteroatoms. The first kappa shape index (κ1) is 17.6. The van der Waals surface area contributed by atoms with Gasteiger partial charge in [0.15, 0.2) is 15.7 Å². The van der Waals surface area contributed by atoms with E-state index in [1.165, 1.54) is 31.1 Å². The van der Waals surface area contributed by atoms with Crippen LogP contribution >= 0.6 is 0 Å². The van der Waals surface area contributed by atoms with Crippen molar-refractivity contribution in [3.63, 3.8) is 0 Å². The third kappa shape index (κ3) is 3.42. The predicted molar refractivity (Wildman–Crippen MR) is 90.2 cm³/mol. The fourth-order valence-corrected chi connectivity index (χ4v) is 3.80. The Kier molecular flexibility index (Phi) is 4.38. The van der Waals surface area contributed by atoms with Crippen LogP contribution in [0, 0.1) is 0 Å². The van der Waals surface area contributed by atoms with Gasteiger partial charge in [0.1, 0.15) is 5.75 Å². The van der Waals surface area contributed by atoms with Gasteiger partial charge in [0.05, 0.1) is 10.4 Å². The minimum Gasteiger partial charge on any atom is -0.348 e. The SMILES string of the molecule is CN(C)C(=O)CS(=O)(=O)c1ccc(-c2nc(C3(N)CCC3)no2)cc1. The van der Waals surface area contributed by atoms with E-state index >= 15 is 0 Å². The Hall–Kier alpha value is -2.26. The van der Waals surface area contributed by atoms with Crippen molar-refractivity contribution in [2.24, 2.45) is 5.73 Å². The van der Waals surface area contributed by atoms with E-state index in [4.69, 9.17) is 10.3 Å². The maximum absolute atomic E-state index is 12.3. The molecule has 1 aliphatic rings. The highest BCUT2D eigenvalue weighted by atomic mass is 32.2. The van der Waals surface area contributed by atoms with Crippen molar-refractivity contribution >= 4 is 15.7 Å². The first-order valence-electron chi connectivity index (χ1n) is 7.88. The van der Waals surface area contributed by atoms with E-state index in [0.29, 0.717) is 17.3 Å². The molecule has 0 atom stereocenters. The summed E-state index contributed by atoms with van der Waals surface area (Å²) < 4.78 is 29.8. The van der Waals surface area contributed by atoms with Crippen molar-refractivity contribution < 1.29 is 17.7 Å². The number of rotatable bonds is 5. The molecule has 0 bridgehead atoms. The van der Waals surface area contributed by atoms with E-state index in [0.717, 1.165) is 19.3 Å². The van der Waals surface area contributed by atoms with E-state index in [-0.39, 0.29) is 4.90 Å². The number of amides is 1. The highest BCUT2D eigenvalue weighted by molar-refractivity contribution is 7.92. The van der Waals surface area contributed by atoms with Gasteiger partial charge in [-0.05, 0) is 43.5 Å². The molecule has 1 saturated carbocycles. The molecule has 1 aromatic heterocycles. The molecule has 25 heavy (non-hydrogen) atoms. The Bertz CT molecular complexity index is 883. The molecule has 1 heterocycles. The van der Waals surface area contributed by atoms with Gasteiger partial charge < -0.3 is 15.2 Å². The van der Waals surface area contributed by atoms with E-state index in [9.17, 15) is 13.2 Å². The fraction of sp³-hybridized carbons (Fsp3) is 0.438. The minimum absolute atomic E-state index is 0.0699. The summed E-state index contributed by atoms with van der Waals surface area (Å²) >= 11 is 0. The van der Waals surface area contributed by atoms with Gasteiger partial charge in [0.25, 0.3) is 5.89 Å². The molecule has 1 fully saturated rings. The second-order valence-electron chi connectivity index (χ2n) is 6.50. The molecule has 0 aliphatic heterocycles. The molecular formula is C16H20N4O4S. The number of hydrogen-bond donors (Lipinski definition) is 1. The largest absolute Gasteiger partial charge is 0.348 e. The van der Waals surface area contributed by atoms with Crippen LogP contribution in [0.1, 0.15) is 25.1 Å². The smallest absolute Gasteiger partial charge is 0.257 e. The monoisotopic (exact) mass is 364 g/mol. The number of benzene rings is 1. The van der Waals surface area contributed by atoms with Gasteiger partial charge in [-0.25, -0.2) is 8.42 Å². The van der Waals surface area contributed by atoms with Crippen LogP contribution in [0.15, 0.2) is 33.7 Å². The zero-order chi connectivity index (χ0) is 18.2. The van der Waals surface area contributed by atoms with Gasteiger partial charge in [-0.1, -0.05) is 5.16 Å². The Labute approximate surface area is 145 Å². The van der Waals surface area contributed by atoms with Crippen molar-refractivity contribution in [1.82, 2.24) is 15.0 Å². The first-order chi connectivity index (χ1) is 11.7. The van der Waals surface area contributed by atoms with Gasteiger partial charge in [-0.2, -0.15) is 4.98 Å². The van der Waals surface area contributed by atoms with Crippen LogP contribution in [0.5, 0.6) is 0 Å². The minimum atomic E-state index is -3.69. The van der Waals surface area contributed by atoms with Crippen molar-refractivity contribution in [3.05, 3.63) is 30.1 Å². The lowest BCUT2D eigenvalue weighted by Gasteiger charge is -2.34. The molecular weight excluding hydrogens is 344 g/mol. The summed E-state index contributed by atoms with van der Waals surface area (Å²) in [7, 11) is -0.666. The van der Waals surface area contributed by atoms with Gasteiger partial charge >= 0.3 is 0 Å². The summed E-state index contributed by atoms with van der Waals surface area (Å²) in [5.41, 5.74) is 6.25. The molecule has 2 aromatic rings. The van der Waals surface area contributed by atoms with Crippen LogP contribution in [0.2, 0.25) is 0 Å². The summed E-state index contributed by atoms with van der Waals surface area (Å²) in [5, 5.41) is 3.94. The van der Waals surface area contributed by atoms with Crippen molar-refractivity contribution in [2.45, 2.75) is 29.7 Å². The lowest BCUT2D eigenvalue weighted by atomic mass is 9.77. The van der Waals surface area contributed by atoms with Gasteiger partial charge in [-0.15, -0.1) is 0 Å². The van der Waals surface area contributed by atoms with Gasteiger partial charge in [-0.3, -0.25) is 4.79 Å². The molecule has 1 amide bonds. The zero-order valence-corrected chi connectivity index (χ0v) is 14.9. The van der Waals surface area contributed by atoms with Crippen LogP contribution in [-0.2, 0) is 20.2 Å². The summed E-state index contributed by atoms with van der Waals surface area (Å²) in [4.78, 5) is 17.3. The topological polar surface area (TPSA) is 119 Å². The van der Waals surface area contributed by atoms with E-state index in [2.05, 4.69) is 10.1 Å². The lowest BCUT2D eigenvalue weighted by Crippen LogP contribution is -2.44. The van der Waals surface area contributed by atoms with E-state index < -0.39 is 27.0 Å². The standard InChI is InChI=1S/C16H20N4O4S/c1-20(2)13(21)10-25(22,23)12-6-4-11(5-7-12)14-18-15(19-24-14)16(17)8-3-9-16/h4-7H,3,8-10,17H2,1-2H3. The number of hydrogen-bond acceptors (Lipinski definition) is 7. The molecule has 0 radical (unpaired) electrons. The van der Waals surface area contributed by atoms with Crippen molar-refractivity contribution in [3.8, 4) is 11.5 Å². The molecule has 0 unspecified atom stereocenters. The van der Waals surface area contributed by atoms with Crippen molar-refractivity contribution in [2.75, 3.05) is 19.8 Å². The first-order valence-corrected chi connectivity index (χ1v) is 9.53. The zero-order valence-electron chi connectivity index (χ0n) is 14.1. The van der Waals surface area contributed by atoms with Crippen LogP contribution in [0.4, 0.5) is 0 Å². The molecule has 1 aromatic carbocycles. The van der Waals surface area contributed by atoms with Crippen LogP contribution in [0.25, 0.3) is 11.5 Å². The number of sulfone groups is 1. The number of carbonyl (C=O) groups is 1. The van der Waals surface area contributed by atoms with Gasteiger partial charge in [0.2, 0.25) is 5.91 Å². The molecule has 3 rings (SSSR count). The average molecular weight is 364 g/mol. The average Bonchev–Trinajstić information content (AvgIpc) is 3.02. The maximum Gasteiger partial charge on any atom is 0.257 e. The maximum atomic E-state index is 12.3. The Morgan fingerprint density at radius 1 is 1.28 bits per heavy atom. The number of aromatic nitrogens is 2. The quantitative estimate of drug-likeness (QED) is 0.838. The third-order valence-electron chi connectivity index (χ3n) is 4.39. The molecule has 0 saturated heterocycles. The molecule has 1 aliphatic carbocycles. The molecule has 8 nitrogen and oxygen atoms in total. The summed E-state index contributed by atoms with van der Waals surface area (Å²) in [6, 6.07) is 6.01. The predicted octanol–water partition coefficient (Wildman–Crippen LogP) is 0.936. The number of nitrogens with zero attached hydrogens (tertiary/aromatic N) is 3. The summed E-state index contributed by atoms with van der Waals surface area (Å²) in [6.07, 6.45) is 2.69. The van der Waals surface area contributed by atoms with E-state index in [1.54, 1.807) is 12.1 Å². The molecule has 134 valence electrons. The number of nitrogens with two attached hydrogens (primary N) is 1. The second kappa shape index (κ2) is 6.23. The van der Waals surface area contributed by atoms with Crippen molar-refractivity contribution in [1.29, 1.82) is 0 Å². The van der Waals surface area contributed by atoms with E-state index in [1.807, 2.05) is 0 Å². The van der Waals surface area contributed by atoms with Crippen LogP contribution < -0.4 is 5.73 Å².